The SMILES string of the molecule is CCCCNCc1cc(C(C)C)c(C)c(C)c1O. The van der Waals surface area contributed by atoms with Gasteiger partial charge < -0.3 is 10.4 Å². The molecule has 0 saturated carbocycles. The highest BCUT2D eigenvalue weighted by Crippen LogP contribution is 2.31. The average Bonchev–Trinajstić information content (AvgIpc) is 2.33. The molecule has 0 aliphatic carbocycles. The van der Waals surface area contributed by atoms with Gasteiger partial charge in [0.2, 0.25) is 0 Å². The standard InChI is InChI=1S/C16H27NO/c1-6-7-8-17-10-14-9-15(11(2)3)12(4)13(5)16(14)18/h9,11,17-18H,6-8,10H2,1-5H3. The minimum atomic E-state index is 0.459. The molecule has 18 heavy (non-hydrogen) atoms. The lowest BCUT2D eigenvalue weighted by Crippen LogP contribution is -2.15. The van der Waals surface area contributed by atoms with E-state index in [0.29, 0.717) is 11.7 Å². The van der Waals surface area contributed by atoms with Crippen molar-refractivity contribution in [1.29, 1.82) is 0 Å². The van der Waals surface area contributed by atoms with E-state index in [1.807, 2.05) is 6.92 Å². The maximum atomic E-state index is 10.2. The van der Waals surface area contributed by atoms with Crippen LogP contribution in [0.1, 0.15) is 61.8 Å². The van der Waals surface area contributed by atoms with Gasteiger partial charge in [0.15, 0.2) is 0 Å². The molecule has 1 rings (SSSR count). The summed E-state index contributed by atoms with van der Waals surface area (Å²) >= 11 is 0. The Hall–Kier alpha value is -1.02. The van der Waals surface area contributed by atoms with Crippen molar-refractivity contribution in [2.24, 2.45) is 0 Å². The van der Waals surface area contributed by atoms with Gasteiger partial charge in [-0.3, -0.25) is 0 Å². The molecule has 102 valence electrons. The molecule has 0 fully saturated rings. The first-order chi connectivity index (χ1) is 8.49. The highest BCUT2D eigenvalue weighted by molar-refractivity contribution is 5.49. The van der Waals surface area contributed by atoms with Crippen molar-refractivity contribution in [1.82, 2.24) is 5.32 Å². The third kappa shape index (κ3) is 3.49. The van der Waals surface area contributed by atoms with Crippen molar-refractivity contribution in [2.45, 2.75) is 59.9 Å². The molecule has 0 bridgehead atoms. The van der Waals surface area contributed by atoms with Crippen LogP contribution in [-0.4, -0.2) is 11.7 Å². The molecule has 1 aromatic carbocycles. The van der Waals surface area contributed by atoms with Crippen molar-refractivity contribution < 1.29 is 5.11 Å². The quantitative estimate of drug-likeness (QED) is 0.746. The van der Waals surface area contributed by atoms with Crippen LogP contribution in [0.15, 0.2) is 6.07 Å². The van der Waals surface area contributed by atoms with Gasteiger partial charge in [0.25, 0.3) is 0 Å². The molecular weight excluding hydrogens is 222 g/mol. The van der Waals surface area contributed by atoms with Gasteiger partial charge in [-0.05, 0) is 49.4 Å². The summed E-state index contributed by atoms with van der Waals surface area (Å²) in [7, 11) is 0. The first kappa shape index (κ1) is 15.0. The maximum Gasteiger partial charge on any atom is 0.123 e. The van der Waals surface area contributed by atoms with Gasteiger partial charge in [0, 0.05) is 12.1 Å². The molecule has 0 aromatic heterocycles. The minimum absolute atomic E-state index is 0.459. The largest absolute Gasteiger partial charge is 0.507 e. The van der Waals surface area contributed by atoms with Gasteiger partial charge >= 0.3 is 0 Å². The highest BCUT2D eigenvalue weighted by atomic mass is 16.3. The summed E-state index contributed by atoms with van der Waals surface area (Å²) in [4.78, 5) is 0. The second-order valence-electron chi connectivity index (χ2n) is 5.41. The van der Waals surface area contributed by atoms with Gasteiger partial charge in [-0.1, -0.05) is 33.3 Å². The van der Waals surface area contributed by atoms with Crippen LogP contribution in [-0.2, 0) is 6.54 Å². The van der Waals surface area contributed by atoms with Crippen molar-refractivity contribution >= 4 is 0 Å². The van der Waals surface area contributed by atoms with E-state index < -0.39 is 0 Å². The number of unbranched alkanes of at least 4 members (excludes halogenated alkanes) is 1. The van der Waals surface area contributed by atoms with Crippen LogP contribution in [0.25, 0.3) is 0 Å². The van der Waals surface area contributed by atoms with E-state index in [9.17, 15) is 5.11 Å². The second kappa shape index (κ2) is 6.79. The van der Waals surface area contributed by atoms with E-state index in [1.165, 1.54) is 24.0 Å². The van der Waals surface area contributed by atoms with E-state index in [0.717, 1.165) is 24.2 Å². The number of benzene rings is 1. The Balaban J connectivity index is 2.90. The number of hydrogen-bond acceptors (Lipinski definition) is 2. The van der Waals surface area contributed by atoms with E-state index in [1.54, 1.807) is 0 Å². The second-order valence-corrected chi connectivity index (χ2v) is 5.41. The number of rotatable bonds is 6. The smallest absolute Gasteiger partial charge is 0.123 e. The molecule has 0 saturated heterocycles. The van der Waals surface area contributed by atoms with Gasteiger partial charge in [-0.2, -0.15) is 0 Å². The van der Waals surface area contributed by atoms with Crippen LogP contribution < -0.4 is 5.32 Å². The summed E-state index contributed by atoms with van der Waals surface area (Å²) in [6.45, 7) is 12.5. The molecule has 0 aliphatic rings. The third-order valence-electron chi connectivity index (χ3n) is 3.63. The van der Waals surface area contributed by atoms with E-state index >= 15 is 0 Å². The lowest BCUT2D eigenvalue weighted by molar-refractivity contribution is 0.458. The molecule has 2 heteroatoms. The number of phenols is 1. The average molecular weight is 249 g/mol. The topological polar surface area (TPSA) is 32.3 Å². The van der Waals surface area contributed by atoms with Gasteiger partial charge in [-0.25, -0.2) is 0 Å². The predicted molar refractivity (Wildman–Crippen MR) is 78.3 cm³/mol. The zero-order valence-electron chi connectivity index (χ0n) is 12.4. The number of nitrogens with one attached hydrogen (secondary N) is 1. The van der Waals surface area contributed by atoms with Crippen LogP contribution >= 0.6 is 0 Å². The Morgan fingerprint density at radius 3 is 2.44 bits per heavy atom. The summed E-state index contributed by atoms with van der Waals surface area (Å²) in [6, 6.07) is 2.15. The van der Waals surface area contributed by atoms with E-state index in [-0.39, 0.29) is 0 Å². The van der Waals surface area contributed by atoms with Crippen molar-refractivity contribution in [3.63, 3.8) is 0 Å². The monoisotopic (exact) mass is 249 g/mol. The summed E-state index contributed by atoms with van der Waals surface area (Å²) in [5.41, 5.74) is 4.61. The highest BCUT2D eigenvalue weighted by Gasteiger charge is 2.13. The first-order valence-electron chi connectivity index (χ1n) is 7.01. The molecule has 0 heterocycles. The number of aromatic hydroxyl groups is 1. The molecular formula is C16H27NO. The summed E-state index contributed by atoms with van der Waals surface area (Å²) in [5.74, 6) is 0.958. The van der Waals surface area contributed by atoms with Crippen molar-refractivity contribution in [3.8, 4) is 5.75 Å². The predicted octanol–water partition coefficient (Wildman–Crippen LogP) is 4.02. The van der Waals surface area contributed by atoms with Crippen LogP contribution in [0, 0.1) is 13.8 Å². The lowest BCUT2D eigenvalue weighted by atomic mass is 9.91. The molecule has 0 aliphatic heterocycles. The van der Waals surface area contributed by atoms with Gasteiger partial charge in [0.1, 0.15) is 5.75 Å². The zero-order chi connectivity index (χ0) is 13.7. The Morgan fingerprint density at radius 2 is 1.89 bits per heavy atom. The van der Waals surface area contributed by atoms with Crippen LogP contribution in [0.4, 0.5) is 0 Å². The van der Waals surface area contributed by atoms with E-state index in [2.05, 4.69) is 39.1 Å². The fourth-order valence-electron chi connectivity index (χ4n) is 2.26. The van der Waals surface area contributed by atoms with Crippen LogP contribution in [0.2, 0.25) is 0 Å². The minimum Gasteiger partial charge on any atom is -0.507 e. The number of hydrogen-bond donors (Lipinski definition) is 2. The molecule has 2 N–H and O–H groups in total. The molecule has 0 amide bonds. The van der Waals surface area contributed by atoms with Gasteiger partial charge in [-0.15, -0.1) is 0 Å². The molecule has 2 nitrogen and oxygen atoms in total. The maximum absolute atomic E-state index is 10.2. The van der Waals surface area contributed by atoms with Gasteiger partial charge in [0.05, 0.1) is 0 Å². The van der Waals surface area contributed by atoms with E-state index in [4.69, 9.17) is 0 Å². The fourth-order valence-corrected chi connectivity index (χ4v) is 2.26. The Kier molecular flexibility index (Phi) is 5.67. The molecule has 0 atom stereocenters. The van der Waals surface area contributed by atoms with Crippen LogP contribution in [0.5, 0.6) is 5.75 Å². The Labute approximate surface area is 111 Å². The lowest BCUT2D eigenvalue weighted by Gasteiger charge is -2.17. The normalized spacial score (nSPS) is 11.2. The van der Waals surface area contributed by atoms with Crippen molar-refractivity contribution in [2.75, 3.05) is 6.54 Å². The Morgan fingerprint density at radius 1 is 1.22 bits per heavy atom. The first-order valence-corrected chi connectivity index (χ1v) is 7.01. The molecule has 0 radical (unpaired) electrons. The third-order valence-corrected chi connectivity index (χ3v) is 3.63. The molecule has 0 spiro atoms. The fraction of sp³-hybridized carbons (Fsp3) is 0.625. The zero-order valence-corrected chi connectivity index (χ0v) is 12.4. The summed E-state index contributed by atoms with van der Waals surface area (Å²) in [6.07, 6.45) is 2.38. The van der Waals surface area contributed by atoms with Crippen LogP contribution in [0.3, 0.4) is 0 Å². The summed E-state index contributed by atoms with van der Waals surface area (Å²) < 4.78 is 0. The summed E-state index contributed by atoms with van der Waals surface area (Å²) in [5, 5.41) is 13.6. The molecule has 1 aromatic rings. The Bertz CT molecular complexity index is 397. The number of phenolic OH excluding ortho intramolecular Hbond substituents is 1. The van der Waals surface area contributed by atoms with Crippen molar-refractivity contribution in [3.05, 3.63) is 28.3 Å². The molecule has 0 unspecified atom stereocenters.